The standard InChI is InChI=1S/C30H26N2O5/c1-35-29-26(37-20-22-10-6-3-7-11-22)17-16-25-28(29)31-27(33)18-32(30(25)34)23-12-14-24(15-13-23)36-19-21-8-4-2-5-9-21/h2-17H,18-20H2,1H3,(H,31,33). The molecule has 1 aliphatic heterocycles. The minimum Gasteiger partial charge on any atom is -0.491 e. The zero-order valence-corrected chi connectivity index (χ0v) is 20.3. The first-order chi connectivity index (χ1) is 18.1. The summed E-state index contributed by atoms with van der Waals surface area (Å²) in [5.41, 5.74) is 3.25. The molecule has 0 atom stereocenters. The van der Waals surface area contributed by atoms with Crippen molar-refractivity contribution in [3.63, 3.8) is 0 Å². The second-order valence-corrected chi connectivity index (χ2v) is 8.50. The summed E-state index contributed by atoms with van der Waals surface area (Å²) in [6.07, 6.45) is 0. The van der Waals surface area contributed by atoms with E-state index in [1.807, 2.05) is 60.7 Å². The van der Waals surface area contributed by atoms with Gasteiger partial charge in [0.15, 0.2) is 11.5 Å². The highest BCUT2D eigenvalue weighted by Gasteiger charge is 2.31. The van der Waals surface area contributed by atoms with Gasteiger partial charge >= 0.3 is 0 Å². The molecule has 186 valence electrons. The average Bonchev–Trinajstić information content (AvgIpc) is 3.07. The number of nitrogens with one attached hydrogen (secondary N) is 1. The van der Waals surface area contributed by atoms with Gasteiger partial charge in [0.25, 0.3) is 5.91 Å². The van der Waals surface area contributed by atoms with Crippen molar-refractivity contribution in [2.24, 2.45) is 0 Å². The summed E-state index contributed by atoms with van der Waals surface area (Å²) in [5, 5.41) is 2.83. The average molecular weight is 495 g/mol. The number of hydrogen-bond donors (Lipinski definition) is 1. The van der Waals surface area contributed by atoms with Crippen LogP contribution in [0.2, 0.25) is 0 Å². The molecule has 4 aromatic carbocycles. The third-order valence-electron chi connectivity index (χ3n) is 6.00. The summed E-state index contributed by atoms with van der Waals surface area (Å²) in [5.74, 6) is 0.754. The van der Waals surface area contributed by atoms with Gasteiger partial charge in [0.2, 0.25) is 5.91 Å². The van der Waals surface area contributed by atoms with Crippen molar-refractivity contribution in [3.8, 4) is 17.2 Å². The van der Waals surface area contributed by atoms with Gasteiger partial charge in [0.05, 0.1) is 12.7 Å². The lowest BCUT2D eigenvalue weighted by atomic mass is 10.1. The van der Waals surface area contributed by atoms with Crippen LogP contribution in [0.1, 0.15) is 21.5 Å². The maximum Gasteiger partial charge on any atom is 0.261 e. The topological polar surface area (TPSA) is 77.1 Å². The first-order valence-corrected chi connectivity index (χ1v) is 11.9. The molecule has 4 aromatic rings. The predicted molar refractivity (Wildman–Crippen MR) is 141 cm³/mol. The van der Waals surface area contributed by atoms with Gasteiger partial charge in [-0.2, -0.15) is 0 Å². The number of nitrogens with zero attached hydrogens (tertiary/aromatic N) is 1. The van der Waals surface area contributed by atoms with E-state index in [4.69, 9.17) is 14.2 Å². The summed E-state index contributed by atoms with van der Waals surface area (Å²) in [6.45, 7) is 0.622. The van der Waals surface area contributed by atoms with E-state index >= 15 is 0 Å². The molecular formula is C30H26N2O5. The van der Waals surface area contributed by atoms with Crippen LogP contribution in [-0.2, 0) is 18.0 Å². The number of hydrogen-bond acceptors (Lipinski definition) is 5. The van der Waals surface area contributed by atoms with Crippen LogP contribution in [0.15, 0.2) is 97.1 Å². The molecule has 7 nitrogen and oxygen atoms in total. The first-order valence-electron chi connectivity index (χ1n) is 11.9. The minimum absolute atomic E-state index is 0.138. The fraction of sp³-hybridized carbons (Fsp3) is 0.133. The maximum absolute atomic E-state index is 13.5. The Hall–Kier alpha value is -4.78. The normalized spacial score (nSPS) is 12.8. The molecule has 0 unspecified atom stereocenters. The number of anilines is 2. The number of fused-ring (bicyclic) bond motifs is 1. The van der Waals surface area contributed by atoms with Crippen molar-refractivity contribution < 1.29 is 23.8 Å². The van der Waals surface area contributed by atoms with Crippen molar-refractivity contribution in [1.82, 2.24) is 0 Å². The van der Waals surface area contributed by atoms with Crippen LogP contribution < -0.4 is 24.4 Å². The fourth-order valence-corrected chi connectivity index (χ4v) is 4.13. The Morgan fingerprint density at radius 2 is 1.38 bits per heavy atom. The molecule has 1 heterocycles. The van der Waals surface area contributed by atoms with Crippen LogP contribution in [0.5, 0.6) is 17.2 Å². The third kappa shape index (κ3) is 5.41. The molecule has 1 N–H and O–H groups in total. The van der Waals surface area contributed by atoms with E-state index in [2.05, 4.69) is 5.32 Å². The smallest absolute Gasteiger partial charge is 0.261 e. The second kappa shape index (κ2) is 10.9. The van der Waals surface area contributed by atoms with Crippen molar-refractivity contribution in [1.29, 1.82) is 0 Å². The van der Waals surface area contributed by atoms with Crippen molar-refractivity contribution in [2.45, 2.75) is 13.2 Å². The molecule has 0 spiro atoms. The van der Waals surface area contributed by atoms with Gasteiger partial charge in [0.1, 0.15) is 31.2 Å². The highest BCUT2D eigenvalue weighted by molar-refractivity contribution is 6.18. The number of amides is 2. The van der Waals surface area contributed by atoms with E-state index < -0.39 is 0 Å². The van der Waals surface area contributed by atoms with E-state index in [0.717, 1.165) is 11.1 Å². The fourth-order valence-electron chi connectivity index (χ4n) is 4.13. The Morgan fingerprint density at radius 3 is 2.00 bits per heavy atom. The molecule has 0 saturated heterocycles. The van der Waals surface area contributed by atoms with Crippen LogP contribution in [0.3, 0.4) is 0 Å². The van der Waals surface area contributed by atoms with Crippen LogP contribution in [-0.4, -0.2) is 25.5 Å². The van der Waals surface area contributed by atoms with E-state index in [0.29, 0.717) is 47.4 Å². The number of carbonyl (C=O) groups excluding carboxylic acids is 2. The summed E-state index contributed by atoms with van der Waals surface area (Å²) in [6, 6.07) is 30.0. The van der Waals surface area contributed by atoms with E-state index in [1.165, 1.54) is 12.0 Å². The van der Waals surface area contributed by atoms with Crippen LogP contribution >= 0.6 is 0 Å². The molecule has 1 aliphatic rings. The lowest BCUT2D eigenvalue weighted by molar-refractivity contribution is -0.114. The second-order valence-electron chi connectivity index (χ2n) is 8.50. The Balaban J connectivity index is 1.36. The summed E-state index contributed by atoms with van der Waals surface area (Å²) < 4.78 is 17.4. The molecule has 5 rings (SSSR count). The third-order valence-corrected chi connectivity index (χ3v) is 6.00. The molecule has 37 heavy (non-hydrogen) atoms. The van der Waals surface area contributed by atoms with Gasteiger partial charge in [0, 0.05) is 5.69 Å². The molecule has 0 aliphatic carbocycles. The summed E-state index contributed by atoms with van der Waals surface area (Å²) >= 11 is 0. The molecular weight excluding hydrogens is 468 g/mol. The molecule has 2 amide bonds. The molecule has 0 aromatic heterocycles. The Morgan fingerprint density at radius 1 is 0.757 bits per heavy atom. The van der Waals surface area contributed by atoms with E-state index in [1.54, 1.807) is 36.4 Å². The van der Waals surface area contributed by atoms with E-state index in [9.17, 15) is 9.59 Å². The summed E-state index contributed by atoms with van der Waals surface area (Å²) in [4.78, 5) is 27.8. The maximum atomic E-state index is 13.5. The molecule has 7 heteroatoms. The quantitative estimate of drug-likeness (QED) is 0.352. The van der Waals surface area contributed by atoms with Gasteiger partial charge in [-0.25, -0.2) is 0 Å². The van der Waals surface area contributed by atoms with Gasteiger partial charge in [-0.3, -0.25) is 14.5 Å². The van der Waals surface area contributed by atoms with Crippen molar-refractivity contribution in [3.05, 3.63) is 114 Å². The van der Waals surface area contributed by atoms with Crippen LogP contribution in [0, 0.1) is 0 Å². The van der Waals surface area contributed by atoms with Crippen LogP contribution in [0.4, 0.5) is 11.4 Å². The SMILES string of the molecule is COc1c(OCc2ccccc2)ccc2c1NC(=O)CN(c1ccc(OCc3ccccc3)cc1)C2=O. The predicted octanol–water partition coefficient (Wildman–Crippen LogP) is 5.45. The Kier molecular flexibility index (Phi) is 7.03. The number of rotatable bonds is 8. The zero-order chi connectivity index (χ0) is 25.6. The number of methoxy groups -OCH3 is 1. The number of benzene rings is 4. The molecule has 0 radical (unpaired) electrons. The van der Waals surface area contributed by atoms with E-state index in [-0.39, 0.29) is 18.4 Å². The Labute approximate surface area is 215 Å². The highest BCUT2D eigenvalue weighted by atomic mass is 16.5. The lowest BCUT2D eigenvalue weighted by Gasteiger charge is -2.20. The zero-order valence-electron chi connectivity index (χ0n) is 20.3. The number of carbonyl (C=O) groups is 2. The van der Waals surface area contributed by atoms with Gasteiger partial charge in [-0.15, -0.1) is 0 Å². The van der Waals surface area contributed by atoms with Gasteiger partial charge < -0.3 is 19.5 Å². The lowest BCUT2D eigenvalue weighted by Crippen LogP contribution is -2.34. The van der Waals surface area contributed by atoms with Crippen LogP contribution in [0.25, 0.3) is 0 Å². The summed E-state index contributed by atoms with van der Waals surface area (Å²) in [7, 11) is 1.48. The molecule has 0 saturated carbocycles. The van der Waals surface area contributed by atoms with Gasteiger partial charge in [-0.1, -0.05) is 60.7 Å². The van der Waals surface area contributed by atoms with Gasteiger partial charge in [-0.05, 0) is 47.5 Å². The van der Waals surface area contributed by atoms with Crippen molar-refractivity contribution >= 4 is 23.2 Å². The monoisotopic (exact) mass is 494 g/mol. The minimum atomic E-state index is -0.338. The largest absolute Gasteiger partial charge is 0.491 e. The van der Waals surface area contributed by atoms with Crippen molar-refractivity contribution in [2.75, 3.05) is 23.9 Å². The Bertz CT molecular complexity index is 1390. The highest BCUT2D eigenvalue weighted by Crippen LogP contribution is 2.40. The molecule has 0 bridgehead atoms. The first kappa shape index (κ1) is 23.9. The molecule has 0 fully saturated rings. The number of ether oxygens (including phenoxy) is 3.